The van der Waals surface area contributed by atoms with E-state index in [0.29, 0.717) is 25.1 Å². The summed E-state index contributed by atoms with van der Waals surface area (Å²) >= 11 is 6.57. The molecule has 8 nitrogen and oxygen atoms in total. The number of nitrogens with one attached hydrogen (secondary N) is 1. The second-order valence-corrected chi connectivity index (χ2v) is 14.1. The molecule has 3 unspecified atom stereocenters. The van der Waals surface area contributed by atoms with Crippen molar-refractivity contribution in [1.82, 2.24) is 15.2 Å². The highest BCUT2D eigenvalue weighted by Gasteiger charge is 2.51. The zero-order valence-electron chi connectivity index (χ0n) is 25.1. The molecule has 3 aromatic rings. The van der Waals surface area contributed by atoms with Crippen LogP contribution in [0.25, 0.3) is 10.8 Å². The van der Waals surface area contributed by atoms with Crippen molar-refractivity contribution in [3.8, 4) is 5.88 Å². The van der Waals surface area contributed by atoms with Crippen LogP contribution >= 0.6 is 11.6 Å². The molecule has 10 heteroatoms. The lowest BCUT2D eigenvalue weighted by Crippen LogP contribution is -2.66. The Hall–Kier alpha value is -3.14. The first-order valence-corrected chi connectivity index (χ1v) is 16.7. The number of amides is 1. The number of pyridine rings is 1. The van der Waals surface area contributed by atoms with Crippen LogP contribution in [0.3, 0.4) is 0 Å². The Balaban J connectivity index is 1.16. The molecule has 4 saturated heterocycles. The van der Waals surface area contributed by atoms with Crippen LogP contribution in [0, 0.1) is 5.82 Å². The second kappa shape index (κ2) is 9.93. The first-order valence-electron chi connectivity index (χ1n) is 16.3. The standard InChI is InChI=1S/C34H38ClFN6O2/c1-39-31-29(42-17-21-8-10-24(37-21)30(42)33(39)43)22-11-16-40(26-6-2-5-20-7-9-23(36)28(35)27(20)26)18-25(22)38-32(31)44-19-34-12-3-14-41(34)15-4-13-34/h2,5-7,9,21,24,30,37H,3-4,8,10-19H2,1H3. The third kappa shape index (κ3) is 3.88. The Morgan fingerprint density at radius 1 is 1.11 bits per heavy atom. The zero-order chi connectivity index (χ0) is 29.7. The first kappa shape index (κ1) is 27.2. The van der Waals surface area contributed by atoms with E-state index in [4.69, 9.17) is 21.3 Å². The number of carbonyl (C=O) groups is 1. The molecule has 230 valence electrons. The maximum atomic E-state index is 14.7. The molecule has 0 saturated carbocycles. The van der Waals surface area contributed by atoms with Crippen LogP contribution in [0.5, 0.6) is 5.88 Å². The number of hydrogen-bond donors (Lipinski definition) is 1. The molecule has 6 aliphatic rings. The Bertz CT molecular complexity index is 1690. The minimum absolute atomic E-state index is 0.0637. The fraction of sp³-hybridized carbons (Fsp3) is 0.529. The molecule has 4 fully saturated rings. The Kier molecular flexibility index (Phi) is 6.14. The summed E-state index contributed by atoms with van der Waals surface area (Å²) in [7, 11) is 1.90. The van der Waals surface area contributed by atoms with Crippen LogP contribution in [0.4, 0.5) is 21.5 Å². The maximum Gasteiger partial charge on any atom is 0.251 e. The molecule has 1 N–H and O–H groups in total. The number of nitrogens with zero attached hydrogens (tertiary/aromatic N) is 5. The Morgan fingerprint density at radius 2 is 1.95 bits per heavy atom. The van der Waals surface area contributed by atoms with Gasteiger partial charge in [-0.05, 0) is 75.6 Å². The number of halogens is 2. The topological polar surface area (TPSA) is 64.2 Å². The third-order valence-corrected chi connectivity index (χ3v) is 11.8. The van der Waals surface area contributed by atoms with Crippen LogP contribution in [0.1, 0.15) is 49.8 Å². The molecule has 2 bridgehead atoms. The van der Waals surface area contributed by atoms with E-state index in [2.05, 4.69) is 20.0 Å². The van der Waals surface area contributed by atoms with Crippen LogP contribution in [0.2, 0.25) is 5.02 Å². The molecule has 9 rings (SSSR count). The van der Waals surface area contributed by atoms with E-state index in [0.717, 1.165) is 91.8 Å². The second-order valence-electron chi connectivity index (χ2n) is 13.7. The van der Waals surface area contributed by atoms with Crippen LogP contribution in [0.15, 0.2) is 30.3 Å². The highest BCUT2D eigenvalue weighted by molar-refractivity contribution is 6.36. The molecule has 6 aliphatic heterocycles. The molecule has 2 aromatic carbocycles. The van der Waals surface area contributed by atoms with Gasteiger partial charge in [0.1, 0.15) is 24.2 Å². The number of rotatable bonds is 4. The van der Waals surface area contributed by atoms with Gasteiger partial charge in [0.2, 0.25) is 5.88 Å². The first-order chi connectivity index (χ1) is 21.4. The average molecular weight is 617 g/mol. The Morgan fingerprint density at radius 3 is 2.80 bits per heavy atom. The van der Waals surface area contributed by atoms with Gasteiger partial charge in [-0.25, -0.2) is 9.37 Å². The van der Waals surface area contributed by atoms with Crippen molar-refractivity contribution >= 4 is 45.3 Å². The summed E-state index contributed by atoms with van der Waals surface area (Å²) < 4.78 is 21.4. The van der Waals surface area contributed by atoms with Crippen LogP contribution < -0.4 is 24.8 Å². The van der Waals surface area contributed by atoms with E-state index in [-0.39, 0.29) is 28.6 Å². The van der Waals surface area contributed by atoms with Crippen molar-refractivity contribution in [1.29, 1.82) is 0 Å². The smallest absolute Gasteiger partial charge is 0.251 e. The molecule has 7 heterocycles. The molecular weight excluding hydrogens is 579 g/mol. The largest absolute Gasteiger partial charge is 0.474 e. The molecule has 0 aliphatic carbocycles. The number of piperazine rings is 1. The minimum atomic E-state index is -0.411. The molecule has 1 amide bonds. The van der Waals surface area contributed by atoms with Gasteiger partial charge in [-0.3, -0.25) is 9.69 Å². The van der Waals surface area contributed by atoms with Gasteiger partial charge in [0.05, 0.1) is 28.5 Å². The fourth-order valence-electron chi connectivity index (χ4n) is 9.32. The van der Waals surface area contributed by atoms with Crippen molar-refractivity contribution < 1.29 is 13.9 Å². The summed E-state index contributed by atoms with van der Waals surface area (Å²) in [6.45, 7) is 4.96. The normalized spacial score (nSPS) is 27.0. The maximum absolute atomic E-state index is 14.7. The molecule has 0 spiro atoms. The summed E-state index contributed by atoms with van der Waals surface area (Å²) in [6, 6.07) is 9.55. The van der Waals surface area contributed by atoms with E-state index < -0.39 is 5.82 Å². The van der Waals surface area contributed by atoms with Crippen LogP contribution in [-0.4, -0.2) is 79.3 Å². The lowest BCUT2D eigenvalue weighted by molar-refractivity contribution is -0.120. The summed E-state index contributed by atoms with van der Waals surface area (Å²) in [5.41, 5.74) is 5.10. The number of anilines is 3. The molecule has 3 atom stereocenters. The van der Waals surface area contributed by atoms with E-state index in [1.807, 2.05) is 30.1 Å². The highest BCUT2D eigenvalue weighted by atomic mass is 35.5. The van der Waals surface area contributed by atoms with E-state index >= 15 is 0 Å². The monoisotopic (exact) mass is 616 g/mol. The lowest BCUT2D eigenvalue weighted by atomic mass is 9.92. The quantitative estimate of drug-likeness (QED) is 0.448. The van der Waals surface area contributed by atoms with Gasteiger partial charge in [0, 0.05) is 48.9 Å². The van der Waals surface area contributed by atoms with E-state index in [1.54, 1.807) is 6.07 Å². The number of fused-ring (bicyclic) bond motifs is 10. The minimum Gasteiger partial charge on any atom is -0.474 e. The Labute approximate surface area is 262 Å². The van der Waals surface area contributed by atoms with Gasteiger partial charge in [0.15, 0.2) is 0 Å². The number of benzene rings is 2. The molecule has 44 heavy (non-hydrogen) atoms. The SMILES string of the molecule is CN1C(=O)C2C3CCC(CN2c2c4c(nc(OCC56CCCN5CCC6)c21)CN(c1cccc2ccc(F)c(Cl)c12)CC4)N3. The van der Waals surface area contributed by atoms with Crippen molar-refractivity contribution in [3.05, 3.63) is 52.4 Å². The summed E-state index contributed by atoms with van der Waals surface area (Å²) in [4.78, 5) is 28.3. The number of aromatic nitrogens is 1. The van der Waals surface area contributed by atoms with Gasteiger partial charge in [-0.1, -0.05) is 29.8 Å². The molecular formula is C34H38ClFN6O2. The molecule has 1 aromatic heterocycles. The zero-order valence-corrected chi connectivity index (χ0v) is 25.9. The van der Waals surface area contributed by atoms with Crippen molar-refractivity contribution in [2.24, 2.45) is 0 Å². The average Bonchev–Trinajstić information content (AvgIpc) is 3.73. The van der Waals surface area contributed by atoms with Gasteiger partial charge >= 0.3 is 0 Å². The van der Waals surface area contributed by atoms with Crippen LogP contribution in [-0.2, 0) is 17.8 Å². The highest BCUT2D eigenvalue weighted by Crippen LogP contribution is 2.50. The van der Waals surface area contributed by atoms with Gasteiger partial charge < -0.3 is 24.8 Å². The third-order valence-electron chi connectivity index (χ3n) is 11.4. The predicted molar refractivity (Wildman–Crippen MR) is 171 cm³/mol. The molecule has 0 radical (unpaired) electrons. The number of ether oxygens (including phenoxy) is 1. The summed E-state index contributed by atoms with van der Waals surface area (Å²) in [6.07, 6.45) is 7.55. The fourth-order valence-corrected chi connectivity index (χ4v) is 9.58. The van der Waals surface area contributed by atoms with Gasteiger partial charge in [0.25, 0.3) is 5.91 Å². The predicted octanol–water partition coefficient (Wildman–Crippen LogP) is 4.88. The van der Waals surface area contributed by atoms with E-state index in [1.165, 1.54) is 24.5 Å². The van der Waals surface area contributed by atoms with Gasteiger partial charge in [-0.2, -0.15) is 0 Å². The number of hydrogen-bond acceptors (Lipinski definition) is 7. The van der Waals surface area contributed by atoms with E-state index in [9.17, 15) is 9.18 Å². The van der Waals surface area contributed by atoms with Gasteiger partial charge in [-0.15, -0.1) is 0 Å². The van der Waals surface area contributed by atoms with Crippen molar-refractivity contribution in [2.75, 3.05) is 54.5 Å². The van der Waals surface area contributed by atoms with Crippen molar-refractivity contribution in [3.63, 3.8) is 0 Å². The number of carbonyl (C=O) groups excluding carboxylic acids is 1. The summed E-state index contributed by atoms with van der Waals surface area (Å²) in [5.74, 6) is 0.274. The number of likely N-dealkylation sites (N-methyl/N-ethyl adjacent to an activating group) is 1. The summed E-state index contributed by atoms with van der Waals surface area (Å²) in [5, 5.41) is 5.52. The lowest BCUT2D eigenvalue weighted by Gasteiger charge is -2.49. The van der Waals surface area contributed by atoms with Crippen molar-refractivity contribution in [2.45, 2.75) is 75.2 Å².